The average molecular weight is 615 g/mol. The Morgan fingerprint density at radius 3 is 1.84 bits per heavy atom. The van der Waals surface area contributed by atoms with Crippen molar-refractivity contribution in [3.63, 3.8) is 0 Å². The number of carbonyl (C=O) groups excluding carboxylic acids is 4. The van der Waals surface area contributed by atoms with Crippen molar-refractivity contribution in [1.29, 1.82) is 0 Å². The maximum atomic E-state index is 12.4. The van der Waals surface area contributed by atoms with Gasteiger partial charge in [0, 0.05) is 24.7 Å². The lowest BCUT2D eigenvalue weighted by Crippen LogP contribution is -2.60. The van der Waals surface area contributed by atoms with Crippen LogP contribution in [0.15, 0.2) is 23.7 Å². The quantitative estimate of drug-likeness (QED) is 0.217. The first-order valence-corrected chi connectivity index (χ1v) is 13.9. The number of methoxy groups -OCH3 is 2. The van der Waals surface area contributed by atoms with E-state index in [0.717, 1.165) is 12.5 Å². The summed E-state index contributed by atoms with van der Waals surface area (Å²) in [5.41, 5.74) is 0.317. The largest absolute Gasteiger partial charge is 0.472 e. The molecule has 5 rings (SSSR count). The monoisotopic (exact) mass is 614 g/mol. The fourth-order valence-corrected chi connectivity index (χ4v) is 6.51. The highest BCUT2D eigenvalue weighted by Crippen LogP contribution is 2.46. The summed E-state index contributed by atoms with van der Waals surface area (Å²) >= 11 is 0. The van der Waals surface area contributed by atoms with E-state index in [9.17, 15) is 44.7 Å². The summed E-state index contributed by atoms with van der Waals surface area (Å²) in [6.45, 7) is 3.09. The van der Waals surface area contributed by atoms with Crippen LogP contribution >= 0.6 is 0 Å². The van der Waals surface area contributed by atoms with Crippen LogP contribution in [0.5, 0.6) is 0 Å². The van der Waals surface area contributed by atoms with E-state index >= 15 is 0 Å². The number of fused-ring (bicyclic) bond motifs is 2. The lowest BCUT2D eigenvalue weighted by molar-refractivity contribution is -0.342. The van der Waals surface area contributed by atoms with Gasteiger partial charge in [-0.2, -0.15) is 0 Å². The third kappa shape index (κ3) is 6.20. The Balaban J connectivity index is 0.000000225. The standard InChI is InChI=1S/C17H24O10.C11H14O5/c1-6-3-8(19)11-7(15(23)24-2)5-25-16(10(6)11)27-17-14(22)13(21)12(20)9(4-18)26-17;1-5-3-7(12)9-6(10(13)15-2)4-16-11(14)8(5)9/h5-6,9-14,16-18,20-22H,3-4H2,1-2H3;4-5,8-9,11,14H,3H2,1-2H3/t6-,9+,10+,11-,12+,13-,14+,16-,17-;5-,8+,9-,11+/m00/s1. The van der Waals surface area contributed by atoms with Gasteiger partial charge in [0.05, 0.1) is 56.3 Å². The Bertz CT molecular complexity index is 1150. The first-order chi connectivity index (χ1) is 20.4. The first-order valence-electron chi connectivity index (χ1n) is 13.9. The molecule has 2 aliphatic carbocycles. The number of rotatable bonds is 5. The van der Waals surface area contributed by atoms with Crippen molar-refractivity contribution in [2.75, 3.05) is 20.8 Å². The number of ketones is 2. The third-order valence-electron chi connectivity index (χ3n) is 8.76. The van der Waals surface area contributed by atoms with E-state index in [1.807, 2.05) is 13.8 Å². The van der Waals surface area contributed by atoms with E-state index in [0.29, 0.717) is 6.42 Å². The normalized spacial score (nSPS) is 41.7. The summed E-state index contributed by atoms with van der Waals surface area (Å²) in [5.74, 6) is -3.78. The van der Waals surface area contributed by atoms with Gasteiger partial charge in [0.2, 0.25) is 12.6 Å². The number of aliphatic hydroxyl groups is 5. The van der Waals surface area contributed by atoms with Gasteiger partial charge in [0.25, 0.3) is 0 Å². The first kappa shape index (κ1) is 33.0. The van der Waals surface area contributed by atoms with Gasteiger partial charge in [-0.15, -0.1) is 0 Å². The molecule has 0 aromatic carbocycles. The minimum absolute atomic E-state index is 0.0147. The molecule has 0 amide bonds. The Kier molecular flexibility index (Phi) is 10.3. The van der Waals surface area contributed by atoms with E-state index in [-0.39, 0.29) is 46.9 Å². The third-order valence-corrected chi connectivity index (χ3v) is 8.76. The van der Waals surface area contributed by atoms with Gasteiger partial charge in [-0.3, -0.25) is 9.59 Å². The zero-order chi connectivity index (χ0) is 31.7. The molecule has 3 heterocycles. The van der Waals surface area contributed by atoms with E-state index in [4.69, 9.17) is 23.7 Å². The molecule has 0 radical (unpaired) electrons. The van der Waals surface area contributed by atoms with Crippen LogP contribution < -0.4 is 0 Å². The molecule has 3 fully saturated rings. The van der Waals surface area contributed by atoms with Crippen LogP contribution in [0.4, 0.5) is 0 Å². The fourth-order valence-electron chi connectivity index (χ4n) is 6.51. The smallest absolute Gasteiger partial charge is 0.337 e. The molecular formula is C28H38O15. The lowest BCUT2D eigenvalue weighted by atomic mass is 9.83. The van der Waals surface area contributed by atoms with Gasteiger partial charge in [0.1, 0.15) is 36.0 Å². The minimum atomic E-state index is -1.59. The number of hydrogen-bond donors (Lipinski definition) is 5. The molecule has 5 aliphatic rings. The van der Waals surface area contributed by atoms with Crippen LogP contribution in [0.2, 0.25) is 0 Å². The number of hydrogen-bond acceptors (Lipinski definition) is 15. The summed E-state index contributed by atoms with van der Waals surface area (Å²) < 4.78 is 30.8. The van der Waals surface area contributed by atoms with Crippen molar-refractivity contribution >= 4 is 23.5 Å². The van der Waals surface area contributed by atoms with Crippen LogP contribution in [0.3, 0.4) is 0 Å². The molecule has 0 spiro atoms. The Morgan fingerprint density at radius 2 is 1.30 bits per heavy atom. The van der Waals surface area contributed by atoms with Gasteiger partial charge in [0.15, 0.2) is 6.29 Å². The van der Waals surface area contributed by atoms with Crippen molar-refractivity contribution in [3.8, 4) is 0 Å². The zero-order valence-electron chi connectivity index (χ0n) is 24.1. The van der Waals surface area contributed by atoms with E-state index < -0.39 is 79.6 Å². The van der Waals surface area contributed by atoms with Gasteiger partial charge < -0.3 is 54.0 Å². The number of ether oxygens (including phenoxy) is 6. The Hall–Kier alpha value is -2.92. The van der Waals surface area contributed by atoms with Crippen LogP contribution in [0, 0.1) is 35.5 Å². The lowest BCUT2D eigenvalue weighted by Gasteiger charge is -2.42. The second kappa shape index (κ2) is 13.4. The summed E-state index contributed by atoms with van der Waals surface area (Å²) in [7, 11) is 2.46. The molecule has 5 N–H and O–H groups in total. The SMILES string of the molecule is COC(=O)C1=CO[C@@H](O)[C@H]2[C@@H]1C(=O)C[C@@H]2C.COC(=O)C1=CO[C@@H](O[C@@H]2O[C@H](CO)[C@@H](O)[C@H](O)[C@H]2O)[C@H]2[C@@H]1C(=O)C[C@@H]2C. The van der Waals surface area contributed by atoms with Crippen LogP contribution in [-0.2, 0) is 47.6 Å². The summed E-state index contributed by atoms with van der Waals surface area (Å²) in [5, 5.41) is 48.8. The predicted octanol–water partition coefficient (Wildman–Crippen LogP) is -1.71. The molecule has 15 heteroatoms. The molecule has 3 aliphatic heterocycles. The van der Waals surface area contributed by atoms with Crippen LogP contribution in [-0.4, -0.2) is 113 Å². The van der Waals surface area contributed by atoms with Crippen molar-refractivity contribution in [3.05, 3.63) is 23.7 Å². The van der Waals surface area contributed by atoms with Gasteiger partial charge in [-0.05, 0) is 11.8 Å². The maximum Gasteiger partial charge on any atom is 0.337 e. The van der Waals surface area contributed by atoms with Crippen LogP contribution in [0.1, 0.15) is 26.7 Å². The highest BCUT2D eigenvalue weighted by molar-refractivity contribution is 6.00. The van der Waals surface area contributed by atoms with Crippen molar-refractivity contribution in [2.24, 2.45) is 35.5 Å². The number of Topliss-reactive ketones (excluding diaryl/α,β-unsaturated/α-hetero) is 2. The predicted molar refractivity (Wildman–Crippen MR) is 139 cm³/mol. The van der Waals surface area contributed by atoms with E-state index in [2.05, 4.69) is 4.74 Å². The minimum Gasteiger partial charge on any atom is -0.472 e. The van der Waals surface area contributed by atoms with Gasteiger partial charge in [-0.1, -0.05) is 13.8 Å². The second-order valence-corrected chi connectivity index (χ2v) is 11.4. The van der Waals surface area contributed by atoms with Gasteiger partial charge in [-0.25, -0.2) is 9.59 Å². The van der Waals surface area contributed by atoms with Crippen molar-refractivity contribution in [2.45, 2.75) is 70.0 Å². The fraction of sp³-hybridized carbons (Fsp3) is 0.714. The Morgan fingerprint density at radius 1 is 0.791 bits per heavy atom. The van der Waals surface area contributed by atoms with Crippen LogP contribution in [0.25, 0.3) is 0 Å². The van der Waals surface area contributed by atoms with Crippen molar-refractivity contribution in [1.82, 2.24) is 0 Å². The molecule has 13 atom stereocenters. The topological polar surface area (TPSA) is 225 Å². The molecule has 15 nitrogen and oxygen atoms in total. The molecule has 2 saturated carbocycles. The molecule has 0 bridgehead atoms. The molecule has 43 heavy (non-hydrogen) atoms. The molecule has 0 aromatic rings. The number of aliphatic hydroxyl groups excluding tert-OH is 5. The summed E-state index contributed by atoms with van der Waals surface area (Å²) in [6.07, 6.45) is -6.43. The number of carbonyl (C=O) groups is 4. The van der Waals surface area contributed by atoms with Gasteiger partial charge >= 0.3 is 11.9 Å². The maximum absolute atomic E-state index is 12.4. The van der Waals surface area contributed by atoms with E-state index in [1.165, 1.54) is 14.2 Å². The molecule has 1 saturated heterocycles. The molecule has 240 valence electrons. The summed E-state index contributed by atoms with van der Waals surface area (Å²) in [6, 6.07) is 0. The average Bonchev–Trinajstić information content (AvgIpc) is 3.47. The molecular weight excluding hydrogens is 576 g/mol. The highest BCUT2D eigenvalue weighted by atomic mass is 16.8. The molecule has 0 aromatic heterocycles. The molecule has 0 unspecified atom stereocenters. The highest BCUT2D eigenvalue weighted by Gasteiger charge is 2.54. The van der Waals surface area contributed by atoms with E-state index in [1.54, 1.807) is 0 Å². The number of esters is 2. The summed E-state index contributed by atoms with van der Waals surface area (Å²) in [4.78, 5) is 47.6. The zero-order valence-corrected chi connectivity index (χ0v) is 24.1. The second-order valence-electron chi connectivity index (χ2n) is 11.4. The van der Waals surface area contributed by atoms with Crippen molar-refractivity contribution < 1.29 is 73.1 Å². The Labute approximate surface area is 246 Å².